The first-order valence-corrected chi connectivity index (χ1v) is 12.2. The molecule has 2 N–H and O–H groups in total. The zero-order valence-electron chi connectivity index (χ0n) is 20.8. The Bertz CT molecular complexity index is 1440. The van der Waals surface area contributed by atoms with Gasteiger partial charge in [-0.25, -0.2) is 10.2 Å². The lowest BCUT2D eigenvalue weighted by Crippen LogP contribution is -2.34. The van der Waals surface area contributed by atoms with E-state index in [-0.39, 0.29) is 12.5 Å². The Morgan fingerprint density at radius 3 is 2.32 bits per heavy atom. The molecule has 38 heavy (non-hydrogen) atoms. The highest BCUT2D eigenvalue weighted by molar-refractivity contribution is 6.05. The van der Waals surface area contributed by atoms with Gasteiger partial charge in [-0.1, -0.05) is 43.3 Å². The summed E-state index contributed by atoms with van der Waals surface area (Å²) in [7, 11) is 0. The summed E-state index contributed by atoms with van der Waals surface area (Å²) in [5.41, 5.74) is 3.96. The van der Waals surface area contributed by atoms with E-state index in [2.05, 4.69) is 15.8 Å². The second kappa shape index (κ2) is 12.8. The molecule has 4 rings (SSSR count). The van der Waals surface area contributed by atoms with Crippen LogP contribution in [0.2, 0.25) is 0 Å². The summed E-state index contributed by atoms with van der Waals surface area (Å²) in [6, 6.07) is 26.5. The minimum absolute atomic E-state index is 0.229. The second-order valence-corrected chi connectivity index (χ2v) is 8.33. The summed E-state index contributed by atoms with van der Waals surface area (Å²) in [6.45, 7) is 2.39. The molecule has 2 amide bonds. The van der Waals surface area contributed by atoms with Crippen LogP contribution >= 0.6 is 0 Å². The number of benzene rings is 4. The SMILES string of the molecule is CCCOc1ccc(C(=O)NCC(=O)NN=Cc2ccc(OC(=O)c3cccc4ccccc34)cc2)cc1. The first-order valence-electron chi connectivity index (χ1n) is 12.2. The predicted octanol–water partition coefficient (Wildman–Crippen LogP) is 4.73. The minimum atomic E-state index is -0.474. The number of nitrogens with zero attached hydrogens (tertiary/aromatic N) is 1. The summed E-state index contributed by atoms with van der Waals surface area (Å²) in [4.78, 5) is 36.9. The van der Waals surface area contributed by atoms with Crippen LogP contribution in [0.25, 0.3) is 10.8 Å². The molecule has 8 heteroatoms. The summed E-state index contributed by atoms with van der Waals surface area (Å²) in [6.07, 6.45) is 2.35. The molecule has 0 spiro atoms. The topological polar surface area (TPSA) is 106 Å². The van der Waals surface area contributed by atoms with Gasteiger partial charge in [-0.2, -0.15) is 5.10 Å². The largest absolute Gasteiger partial charge is 0.494 e. The molecule has 192 valence electrons. The highest BCUT2D eigenvalue weighted by atomic mass is 16.5. The Labute approximate surface area is 220 Å². The van der Waals surface area contributed by atoms with Crippen molar-refractivity contribution in [2.24, 2.45) is 5.10 Å². The first kappa shape index (κ1) is 26.1. The van der Waals surface area contributed by atoms with Crippen LogP contribution < -0.4 is 20.2 Å². The van der Waals surface area contributed by atoms with Crippen LogP contribution in [0.5, 0.6) is 11.5 Å². The highest BCUT2D eigenvalue weighted by Crippen LogP contribution is 2.21. The number of carbonyl (C=O) groups excluding carboxylic acids is 3. The number of hydrazone groups is 1. The van der Waals surface area contributed by atoms with Crippen LogP contribution in [0.4, 0.5) is 0 Å². The van der Waals surface area contributed by atoms with Gasteiger partial charge in [0, 0.05) is 5.56 Å². The Morgan fingerprint density at radius 1 is 0.842 bits per heavy atom. The van der Waals surface area contributed by atoms with Crippen molar-refractivity contribution < 1.29 is 23.9 Å². The number of carbonyl (C=O) groups is 3. The molecule has 8 nitrogen and oxygen atoms in total. The lowest BCUT2D eigenvalue weighted by Gasteiger charge is -2.07. The smallest absolute Gasteiger partial charge is 0.344 e. The molecule has 0 unspecified atom stereocenters. The molecule has 0 radical (unpaired) electrons. The van der Waals surface area contributed by atoms with Crippen molar-refractivity contribution in [3.05, 3.63) is 108 Å². The van der Waals surface area contributed by atoms with Crippen LogP contribution in [0, 0.1) is 0 Å². The molecule has 0 saturated carbocycles. The van der Waals surface area contributed by atoms with Crippen LogP contribution in [-0.4, -0.2) is 37.1 Å². The van der Waals surface area contributed by atoms with Gasteiger partial charge in [0.25, 0.3) is 11.8 Å². The monoisotopic (exact) mass is 509 g/mol. The van der Waals surface area contributed by atoms with Gasteiger partial charge in [-0.3, -0.25) is 9.59 Å². The number of hydrogen-bond acceptors (Lipinski definition) is 6. The highest BCUT2D eigenvalue weighted by Gasteiger charge is 2.12. The normalized spacial score (nSPS) is 10.8. The fraction of sp³-hybridized carbons (Fsp3) is 0.133. The molecular formula is C30H27N3O5. The van der Waals surface area contributed by atoms with E-state index in [0.29, 0.717) is 34.8 Å². The number of amides is 2. The number of fused-ring (bicyclic) bond motifs is 1. The Hall–Kier alpha value is -4.98. The zero-order chi connectivity index (χ0) is 26.7. The van der Waals surface area contributed by atoms with Gasteiger partial charge < -0.3 is 14.8 Å². The number of esters is 1. The van der Waals surface area contributed by atoms with E-state index in [1.54, 1.807) is 54.6 Å². The number of rotatable bonds is 10. The third-order valence-corrected chi connectivity index (χ3v) is 5.50. The molecule has 0 atom stereocenters. The van der Waals surface area contributed by atoms with Crippen molar-refractivity contribution in [3.63, 3.8) is 0 Å². The van der Waals surface area contributed by atoms with Crippen molar-refractivity contribution in [2.45, 2.75) is 13.3 Å². The Kier molecular flexibility index (Phi) is 8.80. The summed E-state index contributed by atoms with van der Waals surface area (Å²) in [5, 5.41) is 8.24. The van der Waals surface area contributed by atoms with Crippen molar-refractivity contribution in [1.29, 1.82) is 0 Å². The average molecular weight is 510 g/mol. The van der Waals surface area contributed by atoms with Gasteiger partial charge in [-0.15, -0.1) is 0 Å². The molecule has 4 aromatic rings. The van der Waals surface area contributed by atoms with Crippen LogP contribution in [0.3, 0.4) is 0 Å². The molecule has 0 saturated heterocycles. The Balaban J connectivity index is 1.23. The van der Waals surface area contributed by atoms with Gasteiger partial charge >= 0.3 is 5.97 Å². The van der Waals surface area contributed by atoms with Gasteiger partial charge in [0.2, 0.25) is 0 Å². The summed E-state index contributed by atoms with van der Waals surface area (Å²) >= 11 is 0. The maximum atomic E-state index is 12.7. The lowest BCUT2D eigenvalue weighted by atomic mass is 10.0. The second-order valence-electron chi connectivity index (χ2n) is 8.33. The van der Waals surface area contributed by atoms with E-state index in [1.807, 2.05) is 43.3 Å². The molecular weight excluding hydrogens is 482 g/mol. The van der Waals surface area contributed by atoms with E-state index in [1.165, 1.54) is 6.21 Å². The molecule has 0 aliphatic heterocycles. The van der Waals surface area contributed by atoms with Gasteiger partial charge in [0.1, 0.15) is 11.5 Å². The van der Waals surface area contributed by atoms with Crippen LogP contribution in [-0.2, 0) is 4.79 Å². The van der Waals surface area contributed by atoms with Gasteiger partial charge in [0.05, 0.1) is 24.9 Å². The van der Waals surface area contributed by atoms with Crippen molar-refractivity contribution in [3.8, 4) is 11.5 Å². The van der Waals surface area contributed by atoms with E-state index < -0.39 is 11.9 Å². The number of nitrogens with one attached hydrogen (secondary N) is 2. The summed E-state index contributed by atoms with van der Waals surface area (Å²) in [5.74, 6) is -0.223. The zero-order valence-corrected chi connectivity index (χ0v) is 20.8. The Morgan fingerprint density at radius 2 is 1.55 bits per heavy atom. The molecule has 0 aliphatic rings. The molecule has 0 fully saturated rings. The first-order chi connectivity index (χ1) is 18.5. The minimum Gasteiger partial charge on any atom is -0.494 e. The maximum absolute atomic E-state index is 12.7. The van der Waals surface area contributed by atoms with E-state index in [4.69, 9.17) is 9.47 Å². The van der Waals surface area contributed by atoms with Crippen molar-refractivity contribution in [2.75, 3.05) is 13.2 Å². The van der Waals surface area contributed by atoms with Crippen LogP contribution in [0.1, 0.15) is 39.6 Å². The van der Waals surface area contributed by atoms with Gasteiger partial charge in [0.15, 0.2) is 0 Å². The third-order valence-electron chi connectivity index (χ3n) is 5.50. The van der Waals surface area contributed by atoms with Crippen molar-refractivity contribution >= 4 is 34.8 Å². The number of ether oxygens (including phenoxy) is 2. The standard InChI is InChI=1S/C30H27N3O5/c1-2-18-37-24-16-12-23(13-17-24)29(35)31-20-28(34)33-32-19-21-10-14-25(15-11-21)38-30(36)27-9-5-7-22-6-3-4-8-26(22)27/h3-17,19H,2,18,20H2,1H3,(H,31,35)(H,33,34). The average Bonchev–Trinajstić information content (AvgIpc) is 2.95. The fourth-order valence-electron chi connectivity index (χ4n) is 3.59. The van der Waals surface area contributed by atoms with E-state index >= 15 is 0 Å². The molecule has 0 aromatic heterocycles. The van der Waals surface area contributed by atoms with E-state index in [0.717, 1.165) is 17.2 Å². The van der Waals surface area contributed by atoms with Crippen LogP contribution in [0.15, 0.2) is 96.1 Å². The van der Waals surface area contributed by atoms with Gasteiger partial charge in [-0.05, 0) is 77.4 Å². The van der Waals surface area contributed by atoms with E-state index in [9.17, 15) is 14.4 Å². The molecule has 0 aliphatic carbocycles. The predicted molar refractivity (Wildman–Crippen MR) is 146 cm³/mol. The lowest BCUT2D eigenvalue weighted by molar-refractivity contribution is -0.120. The summed E-state index contributed by atoms with van der Waals surface area (Å²) < 4.78 is 11.0. The number of hydrogen-bond donors (Lipinski definition) is 2. The third kappa shape index (κ3) is 7.04. The van der Waals surface area contributed by atoms with Crippen molar-refractivity contribution in [1.82, 2.24) is 10.7 Å². The molecule has 4 aromatic carbocycles. The quantitative estimate of drug-likeness (QED) is 0.139. The maximum Gasteiger partial charge on any atom is 0.344 e. The fourth-order valence-corrected chi connectivity index (χ4v) is 3.59. The molecule has 0 bridgehead atoms. The molecule has 0 heterocycles.